The molecule has 34 heavy (non-hydrogen) atoms. The molecule has 8 heteroatoms. The van der Waals surface area contributed by atoms with Crippen molar-refractivity contribution in [3.8, 4) is 0 Å². The summed E-state index contributed by atoms with van der Waals surface area (Å²) in [7, 11) is 0. The van der Waals surface area contributed by atoms with Crippen molar-refractivity contribution in [2.45, 2.75) is 38.9 Å². The molecule has 3 heterocycles. The first-order chi connectivity index (χ1) is 16.5. The van der Waals surface area contributed by atoms with Crippen LogP contribution in [-0.2, 0) is 38.6 Å². The van der Waals surface area contributed by atoms with Gasteiger partial charge in [-0.15, -0.1) is 0 Å². The Balaban J connectivity index is 1.46. The number of carbonyl (C=O) groups is 3. The van der Waals surface area contributed by atoms with Gasteiger partial charge in [-0.25, -0.2) is 4.39 Å². The summed E-state index contributed by atoms with van der Waals surface area (Å²) in [5.74, 6) is -0.918. The van der Waals surface area contributed by atoms with Gasteiger partial charge in [0, 0.05) is 36.1 Å². The first kappa shape index (κ1) is 22.1. The van der Waals surface area contributed by atoms with Crippen molar-refractivity contribution < 1.29 is 23.5 Å². The molecule has 1 fully saturated rings. The summed E-state index contributed by atoms with van der Waals surface area (Å²) >= 11 is 0. The van der Waals surface area contributed by atoms with Crippen LogP contribution in [0, 0.1) is 5.82 Å². The molecule has 1 saturated heterocycles. The summed E-state index contributed by atoms with van der Waals surface area (Å²) in [4.78, 5) is 41.2. The number of esters is 1. The van der Waals surface area contributed by atoms with Crippen LogP contribution in [0.25, 0.3) is 10.9 Å². The smallest absolute Gasteiger partial charge is 0.307 e. The van der Waals surface area contributed by atoms with Crippen LogP contribution in [0.2, 0.25) is 0 Å². The Morgan fingerprint density at radius 2 is 1.85 bits per heavy atom. The van der Waals surface area contributed by atoms with Crippen LogP contribution in [0.15, 0.2) is 48.5 Å². The Morgan fingerprint density at radius 3 is 2.62 bits per heavy atom. The third-order valence-corrected chi connectivity index (χ3v) is 6.68. The van der Waals surface area contributed by atoms with Gasteiger partial charge in [0.05, 0.1) is 26.1 Å². The number of para-hydroxylation sites is 1. The molecule has 0 bridgehead atoms. The van der Waals surface area contributed by atoms with Gasteiger partial charge >= 0.3 is 5.97 Å². The highest BCUT2D eigenvalue weighted by molar-refractivity contribution is 5.97. The molecule has 1 atom stereocenters. The highest BCUT2D eigenvalue weighted by Gasteiger charge is 2.43. The minimum atomic E-state index is -0.582. The summed E-state index contributed by atoms with van der Waals surface area (Å²) < 4.78 is 20.5. The molecule has 7 nitrogen and oxygen atoms in total. The maximum Gasteiger partial charge on any atom is 0.307 e. The normalized spacial score (nSPS) is 17.6. The number of piperazine rings is 1. The molecule has 2 aliphatic heterocycles. The molecule has 0 saturated carbocycles. The quantitative estimate of drug-likeness (QED) is 0.527. The topological polar surface area (TPSA) is 71.8 Å². The first-order valence-corrected chi connectivity index (χ1v) is 11.5. The van der Waals surface area contributed by atoms with Crippen LogP contribution in [0.3, 0.4) is 0 Å². The standard InChI is InChI=1S/C26H26FN3O4/c1-2-34-25(32)11-12-28-16-24(31)30-15-23-20(13-22(30)26(28)33)19-5-3-4-6-21(19)29(23)14-17-7-9-18(27)10-8-17/h3-10,22H,2,11-16H2,1H3. The second-order valence-corrected chi connectivity index (χ2v) is 8.71. The zero-order valence-corrected chi connectivity index (χ0v) is 19.0. The molecular weight excluding hydrogens is 437 g/mol. The van der Waals surface area contributed by atoms with Crippen LogP contribution >= 0.6 is 0 Å². The van der Waals surface area contributed by atoms with Crippen molar-refractivity contribution in [3.63, 3.8) is 0 Å². The zero-order valence-electron chi connectivity index (χ0n) is 19.0. The second kappa shape index (κ2) is 8.93. The van der Waals surface area contributed by atoms with E-state index in [1.165, 1.54) is 17.0 Å². The predicted molar refractivity (Wildman–Crippen MR) is 123 cm³/mol. The highest BCUT2D eigenvalue weighted by Crippen LogP contribution is 2.35. The molecule has 2 aromatic carbocycles. The lowest BCUT2D eigenvalue weighted by molar-refractivity contribution is -0.158. The largest absolute Gasteiger partial charge is 0.466 e. The summed E-state index contributed by atoms with van der Waals surface area (Å²) in [5, 5.41) is 1.06. The molecule has 2 aliphatic rings. The SMILES string of the molecule is CCOC(=O)CCN1CC(=O)N2Cc3c(c4ccccc4n3Cc3ccc(F)cc3)CC2C1=O. The summed E-state index contributed by atoms with van der Waals surface area (Å²) in [5.41, 5.74) is 4.05. The molecule has 0 aliphatic carbocycles. The number of benzene rings is 2. The molecule has 1 unspecified atom stereocenters. The number of fused-ring (bicyclic) bond motifs is 4. The molecule has 1 aromatic heterocycles. The third-order valence-electron chi connectivity index (χ3n) is 6.68. The van der Waals surface area contributed by atoms with Crippen molar-refractivity contribution in [1.29, 1.82) is 0 Å². The van der Waals surface area contributed by atoms with E-state index in [9.17, 15) is 18.8 Å². The average Bonchev–Trinajstić information content (AvgIpc) is 3.14. The van der Waals surface area contributed by atoms with Gasteiger partial charge in [0.2, 0.25) is 11.8 Å². The van der Waals surface area contributed by atoms with E-state index in [-0.39, 0.29) is 49.7 Å². The minimum absolute atomic E-state index is 0.0394. The molecule has 0 N–H and O–H groups in total. The number of rotatable bonds is 6. The number of hydrogen-bond acceptors (Lipinski definition) is 4. The number of hydrogen-bond donors (Lipinski definition) is 0. The second-order valence-electron chi connectivity index (χ2n) is 8.71. The van der Waals surface area contributed by atoms with Crippen LogP contribution in [0.1, 0.15) is 30.2 Å². The van der Waals surface area contributed by atoms with Gasteiger partial charge in [0.15, 0.2) is 0 Å². The van der Waals surface area contributed by atoms with Crippen LogP contribution < -0.4 is 0 Å². The van der Waals surface area contributed by atoms with E-state index < -0.39 is 6.04 Å². The van der Waals surface area contributed by atoms with Crippen molar-refractivity contribution in [2.24, 2.45) is 0 Å². The third kappa shape index (κ3) is 3.93. The zero-order chi connectivity index (χ0) is 23.8. The molecule has 0 radical (unpaired) electrons. The van der Waals surface area contributed by atoms with Crippen molar-refractivity contribution >= 4 is 28.7 Å². The van der Waals surface area contributed by atoms with E-state index in [0.717, 1.165) is 27.7 Å². The number of ether oxygens (including phenoxy) is 1. The Kier molecular flexibility index (Phi) is 5.81. The van der Waals surface area contributed by atoms with Gasteiger partial charge in [-0.2, -0.15) is 0 Å². The van der Waals surface area contributed by atoms with Crippen LogP contribution in [0.4, 0.5) is 4.39 Å². The van der Waals surface area contributed by atoms with E-state index in [1.807, 2.05) is 24.3 Å². The van der Waals surface area contributed by atoms with Crippen molar-refractivity contribution in [3.05, 3.63) is 71.2 Å². The van der Waals surface area contributed by atoms with Gasteiger partial charge in [-0.05, 0) is 36.2 Å². The first-order valence-electron chi connectivity index (χ1n) is 11.5. The monoisotopic (exact) mass is 463 g/mol. The number of amides is 2. The number of aromatic nitrogens is 1. The van der Waals surface area contributed by atoms with E-state index in [1.54, 1.807) is 24.0 Å². The molecule has 2 amide bonds. The number of carbonyl (C=O) groups excluding carboxylic acids is 3. The Morgan fingerprint density at radius 1 is 1.09 bits per heavy atom. The van der Waals surface area contributed by atoms with E-state index in [2.05, 4.69) is 4.57 Å². The average molecular weight is 464 g/mol. The lowest BCUT2D eigenvalue weighted by Gasteiger charge is -2.43. The summed E-state index contributed by atoms with van der Waals surface area (Å²) in [6, 6.07) is 13.8. The highest BCUT2D eigenvalue weighted by atomic mass is 19.1. The molecular formula is C26H26FN3O4. The van der Waals surface area contributed by atoms with Crippen molar-refractivity contribution in [2.75, 3.05) is 19.7 Å². The molecule has 5 rings (SSSR count). The van der Waals surface area contributed by atoms with E-state index in [0.29, 0.717) is 19.5 Å². The van der Waals surface area contributed by atoms with Crippen LogP contribution in [-0.4, -0.2) is 57.9 Å². The fourth-order valence-electron chi connectivity index (χ4n) is 5.04. The van der Waals surface area contributed by atoms with Gasteiger partial charge < -0.3 is 19.1 Å². The van der Waals surface area contributed by atoms with Crippen molar-refractivity contribution in [1.82, 2.24) is 14.4 Å². The van der Waals surface area contributed by atoms with Gasteiger partial charge in [-0.1, -0.05) is 30.3 Å². The fourth-order valence-corrected chi connectivity index (χ4v) is 5.04. The molecule has 176 valence electrons. The lowest BCUT2D eigenvalue weighted by Crippen LogP contribution is -2.61. The Hall–Kier alpha value is -3.68. The fraction of sp³-hybridized carbons (Fsp3) is 0.346. The maximum absolute atomic E-state index is 13.4. The van der Waals surface area contributed by atoms with Gasteiger partial charge in [0.1, 0.15) is 11.9 Å². The summed E-state index contributed by atoms with van der Waals surface area (Å²) in [6.07, 6.45) is 0.495. The maximum atomic E-state index is 13.4. The number of halogens is 1. The number of nitrogens with zero attached hydrogens (tertiary/aromatic N) is 3. The van der Waals surface area contributed by atoms with Crippen LogP contribution in [0.5, 0.6) is 0 Å². The van der Waals surface area contributed by atoms with Gasteiger partial charge in [0.25, 0.3) is 0 Å². The molecule has 0 spiro atoms. The van der Waals surface area contributed by atoms with Gasteiger partial charge in [-0.3, -0.25) is 14.4 Å². The molecule has 3 aromatic rings. The minimum Gasteiger partial charge on any atom is -0.466 e. The summed E-state index contributed by atoms with van der Waals surface area (Å²) in [6.45, 7) is 3.04. The Labute approximate surface area is 196 Å². The Bertz CT molecular complexity index is 1270. The lowest BCUT2D eigenvalue weighted by atomic mass is 9.93. The van der Waals surface area contributed by atoms with E-state index in [4.69, 9.17) is 4.74 Å². The van der Waals surface area contributed by atoms with E-state index >= 15 is 0 Å². The predicted octanol–water partition coefficient (Wildman–Crippen LogP) is 2.88.